The second kappa shape index (κ2) is 9.63. The summed E-state index contributed by atoms with van der Waals surface area (Å²) in [4.78, 5) is 17.2. The van der Waals surface area contributed by atoms with E-state index in [9.17, 15) is 22.0 Å². The van der Waals surface area contributed by atoms with Crippen molar-refractivity contribution in [1.82, 2.24) is 24.4 Å². The van der Waals surface area contributed by atoms with E-state index in [0.29, 0.717) is 5.56 Å². The van der Waals surface area contributed by atoms with Gasteiger partial charge in [0.25, 0.3) is 5.91 Å². The van der Waals surface area contributed by atoms with Gasteiger partial charge >= 0.3 is 0 Å². The van der Waals surface area contributed by atoms with Gasteiger partial charge in [0, 0.05) is 44.5 Å². The van der Waals surface area contributed by atoms with Crippen LogP contribution in [0.4, 0.5) is 8.78 Å². The highest BCUT2D eigenvalue weighted by molar-refractivity contribution is 7.89. The molecule has 0 spiro atoms. The Morgan fingerprint density at radius 1 is 1.20 bits per heavy atom. The first-order chi connectivity index (χ1) is 16.5. The van der Waals surface area contributed by atoms with E-state index in [2.05, 4.69) is 15.4 Å². The van der Waals surface area contributed by atoms with Gasteiger partial charge in [0.1, 0.15) is 16.5 Å². The molecule has 1 aliphatic heterocycles. The Morgan fingerprint density at radius 2 is 1.91 bits per heavy atom. The number of pyridine rings is 1. The van der Waals surface area contributed by atoms with Crippen LogP contribution in [0.5, 0.6) is 0 Å². The van der Waals surface area contributed by atoms with Crippen LogP contribution in [0.3, 0.4) is 0 Å². The maximum atomic E-state index is 14.8. The number of hydrogen-bond acceptors (Lipinski definition) is 5. The molecule has 0 atom stereocenters. The standard InChI is InChI=1S/C23H24ClF2N5O3S/c1-15-5-6-17(25)19(20(15)24)22(32)28-14-23(21-18(26)4-3-9-27-21)7-10-31(11-8-23)35(33,34)16-12-29-30(2)13-16/h3-6,9,12-13H,7-8,10-11,14H2,1-2H3,(H,28,32). The Balaban J connectivity index is 1.60. The average Bonchev–Trinajstić information content (AvgIpc) is 3.28. The molecule has 0 unspecified atom stereocenters. The molecule has 0 radical (unpaired) electrons. The molecule has 186 valence electrons. The zero-order valence-corrected chi connectivity index (χ0v) is 20.7. The molecule has 0 aliphatic carbocycles. The number of rotatable bonds is 6. The van der Waals surface area contributed by atoms with Crippen molar-refractivity contribution in [2.45, 2.75) is 30.1 Å². The number of carbonyl (C=O) groups excluding carboxylic acids is 1. The molecule has 0 saturated carbocycles. The van der Waals surface area contributed by atoms with Crippen LogP contribution in [0.15, 0.2) is 47.8 Å². The van der Waals surface area contributed by atoms with Crippen molar-refractivity contribution in [2.75, 3.05) is 19.6 Å². The van der Waals surface area contributed by atoms with Crippen LogP contribution in [0.1, 0.15) is 34.5 Å². The molecule has 1 amide bonds. The molecule has 3 aromatic rings. The van der Waals surface area contributed by atoms with E-state index < -0.39 is 33.0 Å². The minimum absolute atomic E-state index is 0.00190. The van der Waals surface area contributed by atoms with Gasteiger partial charge in [-0.2, -0.15) is 9.40 Å². The SMILES string of the molecule is Cc1ccc(F)c(C(=O)NCC2(c3ncccc3F)CCN(S(=O)(=O)c3cnn(C)c3)CC2)c1Cl. The summed E-state index contributed by atoms with van der Waals surface area (Å²) in [5, 5.41) is 6.61. The second-order valence-electron chi connectivity index (χ2n) is 8.60. The Kier molecular flexibility index (Phi) is 6.94. The van der Waals surface area contributed by atoms with Gasteiger partial charge in [0.15, 0.2) is 0 Å². The molecule has 1 aliphatic rings. The number of sulfonamides is 1. The molecular weight excluding hydrogens is 500 g/mol. The summed E-state index contributed by atoms with van der Waals surface area (Å²) in [6, 6.07) is 5.35. The number of aryl methyl sites for hydroxylation is 2. The van der Waals surface area contributed by atoms with Gasteiger partial charge in [0.2, 0.25) is 10.0 Å². The molecular formula is C23H24ClF2N5O3S. The number of piperidine rings is 1. The van der Waals surface area contributed by atoms with Crippen molar-refractivity contribution >= 4 is 27.5 Å². The minimum atomic E-state index is -3.79. The molecule has 1 N–H and O–H groups in total. The smallest absolute Gasteiger partial charge is 0.255 e. The van der Waals surface area contributed by atoms with Crippen molar-refractivity contribution in [2.24, 2.45) is 7.05 Å². The number of carbonyl (C=O) groups is 1. The predicted molar refractivity (Wildman–Crippen MR) is 126 cm³/mol. The summed E-state index contributed by atoms with van der Waals surface area (Å²) in [5.41, 5.74) is -0.638. The minimum Gasteiger partial charge on any atom is -0.351 e. The van der Waals surface area contributed by atoms with E-state index in [1.807, 2.05) is 0 Å². The lowest BCUT2D eigenvalue weighted by Gasteiger charge is -2.41. The van der Waals surface area contributed by atoms with Crippen molar-refractivity contribution in [1.29, 1.82) is 0 Å². The number of aromatic nitrogens is 3. The number of halogens is 3. The van der Waals surface area contributed by atoms with Crippen LogP contribution in [-0.4, -0.2) is 53.0 Å². The zero-order valence-electron chi connectivity index (χ0n) is 19.1. The van der Waals surface area contributed by atoms with Gasteiger partial charge in [-0.05, 0) is 43.5 Å². The molecule has 35 heavy (non-hydrogen) atoms. The maximum Gasteiger partial charge on any atom is 0.255 e. The lowest BCUT2D eigenvalue weighted by molar-refractivity contribution is 0.0927. The summed E-state index contributed by atoms with van der Waals surface area (Å²) < 4.78 is 58.0. The third-order valence-corrected chi connectivity index (χ3v) is 8.70. The highest BCUT2D eigenvalue weighted by Gasteiger charge is 2.43. The highest BCUT2D eigenvalue weighted by Crippen LogP contribution is 2.37. The first-order valence-electron chi connectivity index (χ1n) is 10.9. The normalized spacial score (nSPS) is 16.3. The predicted octanol–water partition coefficient (Wildman–Crippen LogP) is 3.21. The third-order valence-electron chi connectivity index (χ3n) is 6.36. The van der Waals surface area contributed by atoms with Crippen LogP contribution in [0, 0.1) is 18.6 Å². The first-order valence-corrected chi connectivity index (χ1v) is 12.7. The molecule has 1 fully saturated rings. The van der Waals surface area contributed by atoms with Crippen molar-refractivity contribution in [3.63, 3.8) is 0 Å². The largest absolute Gasteiger partial charge is 0.351 e. The van der Waals surface area contributed by atoms with Gasteiger partial charge in [-0.3, -0.25) is 14.5 Å². The third kappa shape index (κ3) is 4.80. The Morgan fingerprint density at radius 3 is 2.54 bits per heavy atom. The lowest BCUT2D eigenvalue weighted by atomic mass is 9.75. The molecule has 0 bridgehead atoms. The van der Waals surface area contributed by atoms with E-state index in [1.165, 1.54) is 45.8 Å². The topological polar surface area (TPSA) is 97.2 Å². The van der Waals surface area contributed by atoms with Crippen LogP contribution in [-0.2, 0) is 22.5 Å². The van der Waals surface area contributed by atoms with Gasteiger partial charge in [-0.1, -0.05) is 17.7 Å². The van der Waals surface area contributed by atoms with Gasteiger partial charge in [0.05, 0.1) is 22.5 Å². The summed E-state index contributed by atoms with van der Waals surface area (Å²) >= 11 is 6.17. The van der Waals surface area contributed by atoms with E-state index in [1.54, 1.807) is 14.0 Å². The first kappa shape index (κ1) is 25.2. The zero-order chi connectivity index (χ0) is 25.4. The number of nitrogens with one attached hydrogen (secondary N) is 1. The fraction of sp³-hybridized carbons (Fsp3) is 0.348. The fourth-order valence-electron chi connectivity index (χ4n) is 4.31. The van der Waals surface area contributed by atoms with E-state index in [-0.39, 0.29) is 53.7 Å². The molecule has 8 nitrogen and oxygen atoms in total. The van der Waals surface area contributed by atoms with E-state index >= 15 is 0 Å². The molecule has 1 aromatic carbocycles. The number of hydrogen-bond donors (Lipinski definition) is 1. The Labute approximate surface area is 207 Å². The lowest BCUT2D eigenvalue weighted by Crippen LogP contribution is -2.51. The van der Waals surface area contributed by atoms with Crippen molar-refractivity contribution < 1.29 is 22.0 Å². The maximum absolute atomic E-state index is 14.8. The number of benzene rings is 1. The monoisotopic (exact) mass is 523 g/mol. The summed E-state index contributed by atoms with van der Waals surface area (Å²) in [7, 11) is -2.17. The van der Waals surface area contributed by atoms with Crippen LogP contribution >= 0.6 is 11.6 Å². The molecule has 12 heteroatoms. The molecule has 1 saturated heterocycles. The second-order valence-corrected chi connectivity index (χ2v) is 10.9. The Hall–Kier alpha value is -2.89. The summed E-state index contributed by atoms with van der Waals surface area (Å²) in [6.45, 7) is 1.72. The van der Waals surface area contributed by atoms with Gasteiger partial charge < -0.3 is 5.32 Å². The van der Waals surface area contributed by atoms with Crippen molar-refractivity contribution in [3.8, 4) is 0 Å². The molecule has 4 rings (SSSR count). The summed E-state index contributed by atoms with van der Waals surface area (Å²) in [6.07, 6.45) is 4.50. The van der Waals surface area contributed by atoms with Crippen LogP contribution in [0.25, 0.3) is 0 Å². The van der Waals surface area contributed by atoms with Gasteiger partial charge in [-0.15, -0.1) is 0 Å². The fourth-order valence-corrected chi connectivity index (χ4v) is 5.98. The molecule has 2 aromatic heterocycles. The average molecular weight is 524 g/mol. The van der Waals surface area contributed by atoms with Gasteiger partial charge in [-0.25, -0.2) is 17.2 Å². The Bertz CT molecular complexity index is 1370. The molecule has 3 heterocycles. The summed E-state index contributed by atoms with van der Waals surface area (Å²) in [5.74, 6) is -2.07. The van der Waals surface area contributed by atoms with Crippen molar-refractivity contribution in [3.05, 3.63) is 76.3 Å². The number of amides is 1. The van der Waals surface area contributed by atoms with E-state index in [0.717, 1.165) is 6.07 Å². The van der Waals surface area contributed by atoms with E-state index in [4.69, 9.17) is 11.6 Å². The quantitative estimate of drug-likeness (QED) is 0.535. The highest BCUT2D eigenvalue weighted by atomic mass is 35.5. The van der Waals surface area contributed by atoms with Crippen LogP contribution < -0.4 is 5.32 Å². The number of nitrogens with zero attached hydrogens (tertiary/aromatic N) is 4. The van der Waals surface area contributed by atoms with Crippen LogP contribution in [0.2, 0.25) is 5.02 Å².